The van der Waals surface area contributed by atoms with Gasteiger partial charge in [-0.15, -0.1) is 0 Å². The first kappa shape index (κ1) is 8.03. The Morgan fingerprint density at radius 1 is 1.21 bits per heavy atom. The van der Waals surface area contributed by atoms with Crippen LogP contribution in [0.3, 0.4) is 0 Å². The van der Waals surface area contributed by atoms with Crippen LogP contribution in [0.2, 0.25) is 0 Å². The summed E-state index contributed by atoms with van der Waals surface area (Å²) in [6.45, 7) is 0. The smallest absolute Gasteiger partial charge is 0.0465 e. The van der Waals surface area contributed by atoms with Gasteiger partial charge < -0.3 is 9.54 Å². The van der Waals surface area contributed by atoms with Crippen molar-refractivity contribution in [2.75, 3.05) is 0 Å². The number of H-pyrrole nitrogens is 1. The molecule has 0 radical (unpaired) electrons. The molecule has 0 spiro atoms. The van der Waals surface area contributed by atoms with E-state index in [9.17, 15) is 4.55 Å². The van der Waals surface area contributed by atoms with Gasteiger partial charge >= 0.3 is 0 Å². The molecule has 2 nitrogen and oxygen atoms in total. The summed E-state index contributed by atoms with van der Waals surface area (Å²) in [4.78, 5) is 4.04. The molecule has 1 aliphatic heterocycles. The summed E-state index contributed by atoms with van der Waals surface area (Å²) in [5, 5.41) is 2.77. The molecule has 3 heteroatoms. The molecule has 14 heavy (non-hydrogen) atoms. The fourth-order valence-corrected chi connectivity index (χ4v) is 2.88. The Bertz CT molecular complexity index is 566. The lowest BCUT2D eigenvalue weighted by atomic mass is 10.1. The Hall–Kier alpha value is -1.32. The van der Waals surface area contributed by atoms with Crippen molar-refractivity contribution in [2.45, 2.75) is 4.90 Å². The number of benzene rings is 1. The van der Waals surface area contributed by atoms with E-state index >= 15 is 0 Å². The first-order chi connectivity index (χ1) is 6.86. The van der Waals surface area contributed by atoms with Crippen molar-refractivity contribution in [3.05, 3.63) is 36.0 Å². The van der Waals surface area contributed by atoms with Crippen LogP contribution in [-0.2, 0) is 0 Å². The summed E-state index contributed by atoms with van der Waals surface area (Å²) in [7, 11) is -1.000. The number of allylic oxidation sites excluding steroid dienone is 1. The van der Waals surface area contributed by atoms with Gasteiger partial charge in [0.2, 0.25) is 0 Å². The van der Waals surface area contributed by atoms with Crippen molar-refractivity contribution < 1.29 is 4.55 Å². The van der Waals surface area contributed by atoms with E-state index in [0.29, 0.717) is 0 Å². The van der Waals surface area contributed by atoms with Crippen molar-refractivity contribution in [3.8, 4) is 0 Å². The van der Waals surface area contributed by atoms with E-state index < -0.39 is 10.8 Å². The van der Waals surface area contributed by atoms with Crippen LogP contribution < -0.4 is 0 Å². The number of hydrogen-bond acceptors (Lipinski definition) is 1. The highest BCUT2D eigenvalue weighted by Crippen LogP contribution is 2.36. The zero-order chi connectivity index (χ0) is 9.54. The van der Waals surface area contributed by atoms with Gasteiger partial charge in [0, 0.05) is 22.0 Å². The second kappa shape index (κ2) is 2.83. The first-order valence-corrected chi connectivity index (χ1v) is 5.60. The van der Waals surface area contributed by atoms with E-state index in [1.54, 1.807) is 5.37 Å². The van der Waals surface area contributed by atoms with E-state index in [-0.39, 0.29) is 0 Å². The van der Waals surface area contributed by atoms with E-state index in [1.165, 1.54) is 0 Å². The van der Waals surface area contributed by atoms with Crippen LogP contribution in [0.4, 0.5) is 0 Å². The van der Waals surface area contributed by atoms with Crippen molar-refractivity contribution in [2.24, 2.45) is 0 Å². The minimum atomic E-state index is -1.000. The highest BCUT2D eigenvalue weighted by Gasteiger charge is 2.06. The van der Waals surface area contributed by atoms with Crippen LogP contribution in [0, 0.1) is 0 Å². The summed E-state index contributed by atoms with van der Waals surface area (Å²) in [5.41, 5.74) is 2.10. The molecule has 1 unspecified atom stereocenters. The zero-order valence-corrected chi connectivity index (χ0v) is 8.17. The predicted octanol–water partition coefficient (Wildman–Crippen LogP) is 2.76. The van der Waals surface area contributed by atoms with Crippen molar-refractivity contribution in [1.29, 1.82) is 0 Å². The van der Waals surface area contributed by atoms with Crippen molar-refractivity contribution in [3.63, 3.8) is 0 Å². The molecule has 2 aromatic rings. The van der Waals surface area contributed by atoms with Gasteiger partial charge in [-0.25, -0.2) is 10.8 Å². The monoisotopic (exact) mass is 202 g/mol. The molecule has 1 aromatic carbocycles. The molecular weight excluding hydrogens is 194 g/mol. The number of nitrogens with one attached hydrogen (secondary N) is 1. The highest BCUT2D eigenvalue weighted by molar-refractivity contribution is 8.10. The minimum absolute atomic E-state index is 0.922. The van der Waals surface area contributed by atoms with Gasteiger partial charge in [-0.2, -0.15) is 0 Å². The molecule has 2 heterocycles. The molecule has 0 saturated carbocycles. The number of rotatable bonds is 0. The Kier molecular flexibility index (Phi) is 1.63. The zero-order valence-electron chi connectivity index (χ0n) is 7.36. The molecule has 0 bridgehead atoms. The van der Waals surface area contributed by atoms with E-state index in [0.717, 1.165) is 21.4 Å². The van der Waals surface area contributed by atoms with Gasteiger partial charge in [-0.05, 0) is 23.1 Å². The van der Waals surface area contributed by atoms with Gasteiger partial charge in [0.25, 0.3) is 0 Å². The third-order valence-corrected chi connectivity index (χ3v) is 3.66. The van der Waals surface area contributed by atoms with E-state index in [2.05, 4.69) is 4.98 Å². The predicted molar refractivity (Wildman–Crippen MR) is 60.0 cm³/mol. The molecular formula is C11H8NOS-. The van der Waals surface area contributed by atoms with Gasteiger partial charge in [-0.1, -0.05) is 18.2 Å². The molecule has 1 atom stereocenters. The molecule has 0 aliphatic carbocycles. The molecule has 0 saturated heterocycles. The maximum absolute atomic E-state index is 11.8. The fourth-order valence-electron chi connectivity index (χ4n) is 1.76. The van der Waals surface area contributed by atoms with Gasteiger partial charge in [-0.3, -0.25) is 0 Å². The second-order valence-corrected chi connectivity index (χ2v) is 4.49. The maximum atomic E-state index is 11.8. The van der Waals surface area contributed by atoms with Crippen LogP contribution in [-0.4, -0.2) is 14.9 Å². The summed E-state index contributed by atoms with van der Waals surface area (Å²) in [5.74, 6) is 0. The van der Waals surface area contributed by atoms with Crippen LogP contribution in [0.25, 0.3) is 17.0 Å². The van der Waals surface area contributed by atoms with Crippen LogP contribution in [0.1, 0.15) is 5.56 Å². The third kappa shape index (κ3) is 0.997. The molecule has 1 N–H and O–H groups in total. The van der Waals surface area contributed by atoms with Crippen LogP contribution in [0.15, 0.2) is 35.4 Å². The van der Waals surface area contributed by atoms with E-state index in [1.807, 2.05) is 36.5 Å². The van der Waals surface area contributed by atoms with Crippen LogP contribution >= 0.6 is 10.8 Å². The highest BCUT2D eigenvalue weighted by atomic mass is 32.2. The molecule has 1 aromatic heterocycles. The van der Waals surface area contributed by atoms with E-state index in [4.69, 9.17) is 0 Å². The van der Waals surface area contributed by atoms with Crippen LogP contribution in [0.5, 0.6) is 0 Å². The molecule has 1 aliphatic rings. The standard InChI is InChI=1S/C11H8NOS/c13-14-7-1-2-8-3-4-10-9(11(8)14)5-6-12-10/h1-7,12H/q-1. The normalized spacial score (nSPS) is 19.4. The van der Waals surface area contributed by atoms with Gasteiger partial charge in [0.15, 0.2) is 0 Å². The Balaban J connectivity index is 2.49. The average Bonchev–Trinajstić information content (AvgIpc) is 2.65. The summed E-state index contributed by atoms with van der Waals surface area (Å²) < 4.78 is 11.8. The molecule has 0 amide bonds. The summed E-state index contributed by atoms with van der Waals surface area (Å²) in [6, 6.07) is 5.98. The summed E-state index contributed by atoms with van der Waals surface area (Å²) in [6.07, 6.45) is 5.71. The molecule has 0 fully saturated rings. The number of aromatic amines is 1. The van der Waals surface area contributed by atoms with Gasteiger partial charge in [0.05, 0.1) is 0 Å². The largest absolute Gasteiger partial charge is 0.799 e. The lowest BCUT2D eigenvalue weighted by molar-refractivity contribution is 0.616. The number of fused-ring (bicyclic) bond motifs is 3. The lowest BCUT2D eigenvalue weighted by Gasteiger charge is -2.20. The first-order valence-electron chi connectivity index (χ1n) is 4.38. The third-order valence-electron chi connectivity index (χ3n) is 2.39. The Labute approximate surface area is 84.0 Å². The Morgan fingerprint density at radius 2 is 2.14 bits per heavy atom. The number of aromatic nitrogens is 1. The molecule has 70 valence electrons. The lowest BCUT2D eigenvalue weighted by Crippen LogP contribution is -1.88. The molecule has 3 rings (SSSR count). The van der Waals surface area contributed by atoms with Crippen molar-refractivity contribution in [1.82, 2.24) is 4.98 Å². The number of hydrogen-bond donors (Lipinski definition) is 1. The maximum Gasteiger partial charge on any atom is 0.0465 e. The summed E-state index contributed by atoms with van der Waals surface area (Å²) >= 11 is 0. The fraction of sp³-hybridized carbons (Fsp3) is 0. The Morgan fingerprint density at radius 3 is 3.07 bits per heavy atom. The average molecular weight is 202 g/mol. The minimum Gasteiger partial charge on any atom is -0.799 e. The van der Waals surface area contributed by atoms with Crippen molar-refractivity contribution >= 4 is 33.1 Å². The quantitative estimate of drug-likeness (QED) is 0.655. The topological polar surface area (TPSA) is 38.8 Å². The van der Waals surface area contributed by atoms with Gasteiger partial charge in [0.1, 0.15) is 0 Å². The SMILES string of the molecule is [O-]S1=CC=Cc2ccc3[nH]ccc3c21. The second-order valence-electron chi connectivity index (χ2n) is 3.22.